The minimum atomic E-state index is -0.182. The van der Waals surface area contributed by atoms with Crippen LogP contribution in [0.25, 0.3) is 6.08 Å². The fourth-order valence-electron chi connectivity index (χ4n) is 1.70. The first-order valence-corrected chi connectivity index (χ1v) is 6.92. The molecule has 100 valence electrons. The molecule has 0 spiro atoms. The van der Waals surface area contributed by atoms with E-state index in [2.05, 4.69) is 5.32 Å². The van der Waals surface area contributed by atoms with E-state index in [1.165, 1.54) is 11.8 Å². The highest BCUT2D eigenvalue weighted by molar-refractivity contribution is 8.26. The number of thioether (sulfide) groups is 1. The number of thiocarbonyl (C=S) groups is 1. The molecule has 1 aromatic rings. The average Bonchev–Trinajstić information content (AvgIpc) is 2.69. The van der Waals surface area contributed by atoms with Crippen LogP contribution in [0.3, 0.4) is 0 Å². The normalized spacial score (nSPS) is 16.6. The first-order valence-electron chi connectivity index (χ1n) is 5.70. The summed E-state index contributed by atoms with van der Waals surface area (Å²) in [5, 5.41) is 2.58. The van der Waals surface area contributed by atoms with E-state index in [4.69, 9.17) is 21.7 Å². The predicted molar refractivity (Wildman–Crippen MR) is 80.5 cm³/mol. The number of amides is 1. The minimum absolute atomic E-state index is 0.182. The van der Waals surface area contributed by atoms with Crippen LogP contribution in [0, 0.1) is 0 Å². The Bertz CT molecular complexity index is 555. The molecule has 1 aliphatic rings. The third-order valence-corrected chi connectivity index (χ3v) is 3.60. The van der Waals surface area contributed by atoms with Gasteiger partial charge in [-0.25, -0.2) is 0 Å². The van der Waals surface area contributed by atoms with Gasteiger partial charge in [0.15, 0.2) is 11.5 Å². The summed E-state index contributed by atoms with van der Waals surface area (Å²) in [4.78, 5) is 12.2. The second-order valence-electron chi connectivity index (χ2n) is 3.66. The van der Waals surface area contributed by atoms with Gasteiger partial charge in [0, 0.05) is 5.56 Å². The molecule has 1 fully saturated rings. The fourth-order valence-corrected chi connectivity index (χ4v) is 2.73. The molecular formula is C13H13NO3S2. The Hall–Kier alpha value is -1.53. The van der Waals surface area contributed by atoms with Crippen LogP contribution in [0.15, 0.2) is 23.1 Å². The molecule has 19 heavy (non-hydrogen) atoms. The SMILES string of the molecule is CCOc1cccc(/C=C2\SC(=S)NC2=O)c1OC. The number of carbonyl (C=O) groups excluding carboxylic acids is 1. The average molecular weight is 295 g/mol. The van der Waals surface area contributed by atoms with Crippen molar-refractivity contribution >= 4 is 40.3 Å². The molecule has 6 heteroatoms. The monoisotopic (exact) mass is 295 g/mol. The van der Waals surface area contributed by atoms with Crippen molar-refractivity contribution < 1.29 is 14.3 Å². The van der Waals surface area contributed by atoms with Crippen molar-refractivity contribution in [3.63, 3.8) is 0 Å². The topological polar surface area (TPSA) is 47.6 Å². The van der Waals surface area contributed by atoms with Gasteiger partial charge in [0.05, 0.1) is 18.6 Å². The third kappa shape index (κ3) is 3.08. The number of hydrogen-bond donors (Lipinski definition) is 1. The van der Waals surface area contributed by atoms with Crippen LogP contribution in [0.2, 0.25) is 0 Å². The van der Waals surface area contributed by atoms with E-state index in [1.807, 2.05) is 25.1 Å². The summed E-state index contributed by atoms with van der Waals surface area (Å²) in [6.45, 7) is 2.46. The lowest BCUT2D eigenvalue weighted by Crippen LogP contribution is -2.17. The molecule has 1 aromatic carbocycles. The Balaban J connectivity index is 2.40. The second-order valence-corrected chi connectivity index (χ2v) is 5.38. The Kier molecular flexibility index (Phi) is 4.44. The lowest BCUT2D eigenvalue weighted by atomic mass is 10.1. The molecule has 0 bridgehead atoms. The van der Waals surface area contributed by atoms with E-state index >= 15 is 0 Å². The largest absolute Gasteiger partial charge is 0.492 e. The van der Waals surface area contributed by atoms with Gasteiger partial charge in [-0.05, 0) is 19.1 Å². The highest BCUT2D eigenvalue weighted by atomic mass is 32.2. The van der Waals surface area contributed by atoms with E-state index in [1.54, 1.807) is 13.2 Å². The standard InChI is InChI=1S/C13H13NO3S2/c1-3-17-9-6-4-5-8(11(9)16-2)7-10-12(15)14-13(18)19-10/h4-7H,3H2,1-2H3,(H,14,15,18)/b10-7-. The summed E-state index contributed by atoms with van der Waals surface area (Å²) in [6.07, 6.45) is 1.75. The third-order valence-electron chi connectivity index (χ3n) is 2.44. The fraction of sp³-hybridized carbons (Fsp3) is 0.231. The Morgan fingerprint density at radius 1 is 1.47 bits per heavy atom. The van der Waals surface area contributed by atoms with Crippen LogP contribution in [0.5, 0.6) is 11.5 Å². The lowest BCUT2D eigenvalue weighted by Gasteiger charge is -2.11. The first kappa shape index (κ1) is 13.9. The number of methoxy groups -OCH3 is 1. The molecule has 0 atom stereocenters. The number of para-hydroxylation sites is 1. The maximum Gasteiger partial charge on any atom is 0.263 e. The van der Waals surface area contributed by atoms with Crippen molar-refractivity contribution in [3.05, 3.63) is 28.7 Å². The molecule has 1 saturated heterocycles. The van der Waals surface area contributed by atoms with Crippen LogP contribution in [0.4, 0.5) is 0 Å². The molecule has 1 aliphatic heterocycles. The summed E-state index contributed by atoms with van der Waals surface area (Å²) in [7, 11) is 1.58. The van der Waals surface area contributed by atoms with Crippen LogP contribution in [-0.4, -0.2) is 23.9 Å². The van der Waals surface area contributed by atoms with Gasteiger partial charge in [0.2, 0.25) is 0 Å². The van der Waals surface area contributed by atoms with E-state index < -0.39 is 0 Å². The van der Waals surface area contributed by atoms with Gasteiger partial charge < -0.3 is 14.8 Å². The van der Waals surface area contributed by atoms with Crippen LogP contribution >= 0.6 is 24.0 Å². The number of carbonyl (C=O) groups is 1. The number of rotatable bonds is 4. The summed E-state index contributed by atoms with van der Waals surface area (Å²) >= 11 is 6.19. The van der Waals surface area contributed by atoms with Crippen molar-refractivity contribution in [1.82, 2.24) is 5.32 Å². The van der Waals surface area contributed by atoms with E-state index in [-0.39, 0.29) is 5.91 Å². The number of nitrogens with one attached hydrogen (secondary N) is 1. The lowest BCUT2D eigenvalue weighted by molar-refractivity contribution is -0.115. The summed E-state index contributed by atoms with van der Waals surface area (Å²) in [5.41, 5.74) is 0.788. The first-order chi connectivity index (χ1) is 9.15. The molecular weight excluding hydrogens is 282 g/mol. The number of ether oxygens (including phenoxy) is 2. The van der Waals surface area contributed by atoms with E-state index in [0.29, 0.717) is 27.3 Å². The summed E-state index contributed by atoms with van der Waals surface area (Å²) in [6, 6.07) is 5.55. The van der Waals surface area contributed by atoms with Gasteiger partial charge in [-0.1, -0.05) is 36.1 Å². The minimum Gasteiger partial charge on any atom is -0.492 e. The van der Waals surface area contributed by atoms with Crippen molar-refractivity contribution in [3.8, 4) is 11.5 Å². The van der Waals surface area contributed by atoms with Gasteiger partial charge in [0.1, 0.15) is 4.32 Å². The zero-order valence-electron chi connectivity index (χ0n) is 10.6. The van der Waals surface area contributed by atoms with Crippen LogP contribution in [0.1, 0.15) is 12.5 Å². The molecule has 1 N–H and O–H groups in total. The van der Waals surface area contributed by atoms with Crippen LogP contribution in [-0.2, 0) is 4.79 Å². The molecule has 0 aromatic heterocycles. The van der Waals surface area contributed by atoms with Gasteiger partial charge in [-0.3, -0.25) is 4.79 Å². The van der Waals surface area contributed by atoms with E-state index in [0.717, 1.165) is 5.56 Å². The summed E-state index contributed by atoms with van der Waals surface area (Å²) < 4.78 is 11.3. The predicted octanol–water partition coefficient (Wildman–Crippen LogP) is 2.58. The van der Waals surface area contributed by atoms with Crippen molar-refractivity contribution in [1.29, 1.82) is 0 Å². The second kappa shape index (κ2) is 6.08. The van der Waals surface area contributed by atoms with Crippen molar-refractivity contribution in [2.24, 2.45) is 0 Å². The van der Waals surface area contributed by atoms with Gasteiger partial charge in [0.25, 0.3) is 5.91 Å². The number of hydrogen-bond acceptors (Lipinski definition) is 5. The number of benzene rings is 1. The Morgan fingerprint density at radius 3 is 2.84 bits per heavy atom. The Morgan fingerprint density at radius 2 is 2.26 bits per heavy atom. The molecule has 0 aliphatic carbocycles. The molecule has 4 nitrogen and oxygen atoms in total. The van der Waals surface area contributed by atoms with E-state index in [9.17, 15) is 4.79 Å². The molecule has 0 radical (unpaired) electrons. The van der Waals surface area contributed by atoms with Crippen molar-refractivity contribution in [2.75, 3.05) is 13.7 Å². The maximum atomic E-state index is 11.6. The Labute approximate surface area is 121 Å². The molecule has 1 amide bonds. The zero-order valence-corrected chi connectivity index (χ0v) is 12.2. The smallest absolute Gasteiger partial charge is 0.263 e. The zero-order chi connectivity index (χ0) is 13.8. The molecule has 0 unspecified atom stereocenters. The maximum absolute atomic E-state index is 11.6. The van der Waals surface area contributed by atoms with Crippen molar-refractivity contribution in [2.45, 2.75) is 6.92 Å². The van der Waals surface area contributed by atoms with Gasteiger partial charge in [-0.2, -0.15) is 0 Å². The molecule has 2 rings (SSSR count). The highest BCUT2D eigenvalue weighted by Crippen LogP contribution is 2.35. The molecule has 0 saturated carbocycles. The summed E-state index contributed by atoms with van der Waals surface area (Å²) in [5.74, 6) is 1.09. The highest BCUT2D eigenvalue weighted by Gasteiger charge is 2.22. The van der Waals surface area contributed by atoms with Crippen LogP contribution < -0.4 is 14.8 Å². The quantitative estimate of drug-likeness (QED) is 0.683. The van der Waals surface area contributed by atoms with Gasteiger partial charge >= 0.3 is 0 Å². The van der Waals surface area contributed by atoms with Gasteiger partial charge in [-0.15, -0.1) is 0 Å². The molecule has 1 heterocycles.